The summed E-state index contributed by atoms with van der Waals surface area (Å²) in [5, 5.41) is 0. The van der Waals surface area contributed by atoms with Gasteiger partial charge in [-0.2, -0.15) is 0 Å². The van der Waals surface area contributed by atoms with Gasteiger partial charge in [0.2, 0.25) is 11.3 Å². The molecule has 0 fully saturated rings. The Labute approximate surface area is 128 Å². The lowest BCUT2D eigenvalue weighted by molar-refractivity contribution is -0.120. The van der Waals surface area contributed by atoms with Crippen molar-refractivity contribution in [3.8, 4) is 0 Å². The van der Waals surface area contributed by atoms with Gasteiger partial charge in [0.1, 0.15) is 0 Å². The van der Waals surface area contributed by atoms with Crippen LogP contribution < -0.4 is 10.5 Å². The molecule has 2 atom stereocenters. The third kappa shape index (κ3) is 7.47. The number of rotatable bonds is 9. The molecule has 0 aromatic heterocycles. The first-order valence-electron chi connectivity index (χ1n) is 7.09. The average molecular weight is 312 g/mol. The van der Waals surface area contributed by atoms with Crippen LogP contribution in [0, 0.1) is 5.92 Å². The fraction of sp³-hybridized carbons (Fsp3) is 0.533. The first-order valence-corrected chi connectivity index (χ1v) is 8.19. The quantitative estimate of drug-likeness (QED) is 0.602. The van der Waals surface area contributed by atoms with Crippen LogP contribution in [-0.2, 0) is 28.9 Å². The Morgan fingerprint density at radius 3 is 2.38 bits per heavy atom. The highest BCUT2D eigenvalue weighted by Gasteiger charge is 2.13. The van der Waals surface area contributed by atoms with Crippen molar-refractivity contribution in [2.45, 2.75) is 39.2 Å². The van der Waals surface area contributed by atoms with Gasteiger partial charge < -0.3 is 5.73 Å². The highest BCUT2D eigenvalue weighted by atomic mass is 32.2. The molecule has 0 spiro atoms. The third-order valence-electron chi connectivity index (χ3n) is 3.17. The molecule has 0 amide bonds. The number of aryl methyl sites for hydroxylation is 1. The molecule has 0 bridgehead atoms. The Morgan fingerprint density at radius 1 is 1.29 bits per heavy atom. The molecule has 0 aliphatic rings. The van der Waals surface area contributed by atoms with Crippen LogP contribution in [0.4, 0.5) is 0 Å². The average Bonchev–Trinajstić information content (AvgIpc) is 2.43. The van der Waals surface area contributed by atoms with E-state index in [-0.39, 0.29) is 12.3 Å². The minimum Gasteiger partial charge on any atom is -0.320 e. The largest absolute Gasteiger partial charge is 0.320 e. The maximum atomic E-state index is 11.8. The predicted octanol–water partition coefficient (Wildman–Crippen LogP) is 1.44. The molecule has 1 aromatic carbocycles. The molecule has 0 heterocycles. The van der Waals surface area contributed by atoms with Crippen molar-refractivity contribution in [1.29, 1.82) is 0 Å². The zero-order valence-electron chi connectivity index (χ0n) is 12.5. The van der Waals surface area contributed by atoms with E-state index in [9.17, 15) is 9.00 Å². The Morgan fingerprint density at radius 2 is 1.86 bits per heavy atom. The minimum atomic E-state index is -2.13. The van der Waals surface area contributed by atoms with Crippen molar-refractivity contribution < 1.29 is 13.6 Å². The van der Waals surface area contributed by atoms with Crippen LogP contribution in [-0.4, -0.2) is 27.1 Å². The standard InChI is InChI=1S/C15H24N2O3S/c1-11(2)9-13-5-3-12(4-6-13)7-8-15(18)14(16)10-17-21(19)20/h3-6,11,14,17H,7-10,16H2,1-2H3,(H,19,20). The van der Waals surface area contributed by atoms with Gasteiger partial charge in [-0.05, 0) is 29.9 Å². The number of nitrogens with one attached hydrogen (secondary N) is 1. The highest BCUT2D eigenvalue weighted by molar-refractivity contribution is 7.77. The molecule has 1 rings (SSSR count). The normalized spacial score (nSPS) is 14.1. The van der Waals surface area contributed by atoms with Crippen molar-refractivity contribution in [2.24, 2.45) is 11.7 Å². The lowest BCUT2D eigenvalue weighted by Gasteiger charge is -2.10. The zero-order chi connectivity index (χ0) is 15.8. The van der Waals surface area contributed by atoms with E-state index in [1.807, 2.05) is 12.1 Å². The van der Waals surface area contributed by atoms with Crippen LogP contribution in [0.1, 0.15) is 31.4 Å². The molecule has 4 N–H and O–H groups in total. The minimum absolute atomic E-state index is 0.00920. The summed E-state index contributed by atoms with van der Waals surface area (Å²) in [6, 6.07) is 7.52. The van der Waals surface area contributed by atoms with E-state index in [0.717, 1.165) is 12.0 Å². The summed E-state index contributed by atoms with van der Waals surface area (Å²) >= 11 is -2.13. The molecule has 5 nitrogen and oxygen atoms in total. The Hall–Kier alpha value is -1.08. The van der Waals surface area contributed by atoms with Gasteiger partial charge in [0.25, 0.3) is 0 Å². The molecule has 0 aliphatic heterocycles. The lowest BCUT2D eigenvalue weighted by Crippen LogP contribution is -2.41. The molecule has 0 saturated heterocycles. The maximum Gasteiger partial charge on any atom is 0.231 e. The number of hydrogen-bond acceptors (Lipinski definition) is 3. The Balaban J connectivity index is 2.40. The van der Waals surface area contributed by atoms with E-state index < -0.39 is 17.3 Å². The number of Topliss-reactive ketones (excluding diaryl/α,β-unsaturated/α-hetero) is 1. The summed E-state index contributed by atoms with van der Waals surface area (Å²) in [4.78, 5) is 11.8. The van der Waals surface area contributed by atoms with E-state index in [1.165, 1.54) is 5.56 Å². The van der Waals surface area contributed by atoms with Crippen LogP contribution in [0.15, 0.2) is 24.3 Å². The Bertz CT molecular complexity index is 474. The van der Waals surface area contributed by atoms with Gasteiger partial charge in [-0.3, -0.25) is 9.35 Å². The van der Waals surface area contributed by atoms with Crippen molar-refractivity contribution >= 4 is 17.0 Å². The number of benzene rings is 1. The number of nitrogens with two attached hydrogens (primary N) is 1. The summed E-state index contributed by atoms with van der Waals surface area (Å²) in [5.74, 6) is 0.513. The van der Waals surface area contributed by atoms with Gasteiger partial charge in [0.05, 0.1) is 6.04 Å². The lowest BCUT2D eigenvalue weighted by atomic mass is 9.99. The first-order chi connectivity index (χ1) is 9.88. The van der Waals surface area contributed by atoms with Crippen LogP contribution >= 0.6 is 0 Å². The second-order valence-corrected chi connectivity index (χ2v) is 6.37. The second-order valence-electron chi connectivity index (χ2n) is 5.58. The van der Waals surface area contributed by atoms with Gasteiger partial charge in [0.15, 0.2) is 5.78 Å². The summed E-state index contributed by atoms with van der Waals surface area (Å²) in [6.45, 7) is 4.37. The van der Waals surface area contributed by atoms with Crippen molar-refractivity contribution in [2.75, 3.05) is 6.54 Å². The van der Waals surface area contributed by atoms with E-state index >= 15 is 0 Å². The summed E-state index contributed by atoms with van der Waals surface area (Å²) in [6.07, 6.45) is 2.02. The Kier molecular flexibility index (Phi) is 7.74. The van der Waals surface area contributed by atoms with E-state index in [4.69, 9.17) is 10.3 Å². The molecule has 0 saturated carbocycles. The molecule has 118 valence electrons. The smallest absolute Gasteiger partial charge is 0.231 e. The number of hydrogen-bond donors (Lipinski definition) is 3. The topological polar surface area (TPSA) is 92.4 Å². The van der Waals surface area contributed by atoms with Crippen LogP contribution in [0.3, 0.4) is 0 Å². The SMILES string of the molecule is CC(C)Cc1ccc(CCC(=O)C(N)CNS(=O)O)cc1. The van der Waals surface area contributed by atoms with Crippen LogP contribution in [0.25, 0.3) is 0 Å². The van der Waals surface area contributed by atoms with Gasteiger partial charge >= 0.3 is 0 Å². The molecular weight excluding hydrogens is 288 g/mol. The van der Waals surface area contributed by atoms with Crippen molar-refractivity contribution in [3.63, 3.8) is 0 Å². The van der Waals surface area contributed by atoms with Crippen molar-refractivity contribution in [1.82, 2.24) is 4.72 Å². The first kappa shape index (κ1) is 18.0. The molecular formula is C15H24N2O3S. The maximum absolute atomic E-state index is 11.8. The number of ketones is 1. The molecule has 0 aliphatic carbocycles. The monoisotopic (exact) mass is 312 g/mol. The molecule has 1 aromatic rings. The number of carbonyl (C=O) groups is 1. The zero-order valence-corrected chi connectivity index (χ0v) is 13.4. The number of carbonyl (C=O) groups excluding carboxylic acids is 1. The van der Waals surface area contributed by atoms with Crippen LogP contribution in [0.2, 0.25) is 0 Å². The van der Waals surface area contributed by atoms with Gasteiger partial charge in [-0.1, -0.05) is 38.1 Å². The third-order valence-corrected chi connectivity index (χ3v) is 3.58. The molecule has 0 radical (unpaired) electrons. The van der Waals surface area contributed by atoms with Gasteiger partial charge in [-0.15, -0.1) is 0 Å². The van der Waals surface area contributed by atoms with Gasteiger partial charge in [-0.25, -0.2) is 8.93 Å². The highest BCUT2D eigenvalue weighted by Crippen LogP contribution is 2.11. The summed E-state index contributed by atoms with van der Waals surface area (Å²) in [5.41, 5.74) is 8.05. The van der Waals surface area contributed by atoms with E-state index in [1.54, 1.807) is 0 Å². The van der Waals surface area contributed by atoms with E-state index in [0.29, 0.717) is 18.8 Å². The summed E-state index contributed by atoms with van der Waals surface area (Å²) < 4.78 is 21.3. The molecule has 2 unspecified atom stereocenters. The van der Waals surface area contributed by atoms with Gasteiger partial charge in [0, 0.05) is 13.0 Å². The fourth-order valence-corrected chi connectivity index (χ4v) is 2.36. The predicted molar refractivity (Wildman–Crippen MR) is 85.1 cm³/mol. The van der Waals surface area contributed by atoms with Crippen LogP contribution in [0.5, 0.6) is 0 Å². The van der Waals surface area contributed by atoms with Crippen molar-refractivity contribution in [3.05, 3.63) is 35.4 Å². The second kappa shape index (κ2) is 9.04. The van der Waals surface area contributed by atoms with E-state index in [2.05, 4.69) is 30.7 Å². The molecule has 6 heteroatoms. The molecule has 21 heavy (non-hydrogen) atoms. The summed E-state index contributed by atoms with van der Waals surface area (Å²) in [7, 11) is 0. The fourth-order valence-electron chi connectivity index (χ4n) is 2.04.